The molecule has 0 aliphatic carbocycles. The van der Waals surface area contributed by atoms with Gasteiger partial charge in [-0.15, -0.1) is 0 Å². The summed E-state index contributed by atoms with van der Waals surface area (Å²) in [5, 5.41) is 7.03. The van der Waals surface area contributed by atoms with Gasteiger partial charge in [-0.1, -0.05) is 12.1 Å². The molecule has 0 fully saturated rings. The zero-order valence-corrected chi connectivity index (χ0v) is 13.3. The van der Waals surface area contributed by atoms with Gasteiger partial charge in [-0.3, -0.25) is 4.79 Å². The first-order valence-corrected chi connectivity index (χ1v) is 7.64. The molecule has 1 aromatic carbocycles. The molecule has 0 spiro atoms. The summed E-state index contributed by atoms with van der Waals surface area (Å²) in [6.45, 7) is 1.06. The molecular formula is C16H14BrN3O2. The van der Waals surface area contributed by atoms with Gasteiger partial charge in [0.15, 0.2) is 5.76 Å². The number of benzene rings is 1. The number of anilines is 1. The molecule has 0 unspecified atom stereocenters. The molecule has 3 rings (SSSR count). The molecule has 1 amide bonds. The van der Waals surface area contributed by atoms with Crippen molar-refractivity contribution in [2.45, 2.75) is 0 Å². The fourth-order valence-electron chi connectivity index (χ4n) is 2.07. The number of hydrogen-bond acceptors (Lipinski definition) is 4. The molecule has 0 aliphatic rings. The molecule has 0 radical (unpaired) electrons. The topological polar surface area (TPSA) is 67.2 Å². The molecule has 0 saturated carbocycles. The molecule has 3 aromatic rings. The van der Waals surface area contributed by atoms with Crippen molar-refractivity contribution in [1.82, 2.24) is 10.3 Å². The number of pyridine rings is 1. The number of nitrogens with one attached hydrogen (secondary N) is 2. The van der Waals surface area contributed by atoms with Crippen LogP contribution in [0.4, 0.5) is 5.82 Å². The van der Waals surface area contributed by atoms with Gasteiger partial charge in [-0.2, -0.15) is 0 Å². The van der Waals surface area contributed by atoms with Crippen LogP contribution >= 0.6 is 15.9 Å². The van der Waals surface area contributed by atoms with E-state index in [4.69, 9.17) is 4.42 Å². The Balaban J connectivity index is 1.56. The minimum absolute atomic E-state index is 0.221. The van der Waals surface area contributed by atoms with Gasteiger partial charge in [0.05, 0.1) is 11.8 Å². The lowest BCUT2D eigenvalue weighted by molar-refractivity contribution is 0.0927. The van der Waals surface area contributed by atoms with Gasteiger partial charge < -0.3 is 15.1 Å². The smallest absolute Gasteiger partial charge is 0.287 e. The minimum atomic E-state index is -0.221. The Bertz CT molecular complexity index is 787. The largest absolute Gasteiger partial charge is 0.459 e. The molecule has 6 heteroatoms. The van der Waals surface area contributed by atoms with E-state index in [1.54, 1.807) is 12.1 Å². The van der Waals surface area contributed by atoms with E-state index < -0.39 is 0 Å². The molecule has 22 heavy (non-hydrogen) atoms. The van der Waals surface area contributed by atoms with Crippen molar-refractivity contribution in [2.75, 3.05) is 18.4 Å². The Labute approximate surface area is 135 Å². The predicted molar refractivity (Wildman–Crippen MR) is 89.0 cm³/mol. The molecule has 0 atom stereocenters. The summed E-state index contributed by atoms with van der Waals surface area (Å²) in [4.78, 5) is 16.2. The number of para-hydroxylation sites is 1. The highest BCUT2D eigenvalue weighted by Crippen LogP contribution is 2.23. The number of carbonyl (C=O) groups is 1. The second-order valence-corrected chi connectivity index (χ2v) is 5.52. The Morgan fingerprint density at radius 2 is 2.05 bits per heavy atom. The SMILES string of the molecule is O=C(NCCNc1ccc2cccc(Br)c2n1)c1ccco1. The Hall–Kier alpha value is -2.34. The van der Waals surface area contributed by atoms with Gasteiger partial charge >= 0.3 is 0 Å². The van der Waals surface area contributed by atoms with Gasteiger partial charge in [0.1, 0.15) is 5.82 Å². The summed E-state index contributed by atoms with van der Waals surface area (Å²) >= 11 is 3.50. The van der Waals surface area contributed by atoms with E-state index in [2.05, 4.69) is 31.5 Å². The summed E-state index contributed by atoms with van der Waals surface area (Å²) in [6.07, 6.45) is 1.48. The average Bonchev–Trinajstić information content (AvgIpc) is 3.06. The van der Waals surface area contributed by atoms with Crippen LogP contribution in [0.1, 0.15) is 10.6 Å². The fraction of sp³-hybridized carbons (Fsp3) is 0.125. The van der Waals surface area contributed by atoms with E-state index >= 15 is 0 Å². The minimum Gasteiger partial charge on any atom is -0.459 e. The van der Waals surface area contributed by atoms with E-state index in [9.17, 15) is 4.79 Å². The van der Waals surface area contributed by atoms with Crippen LogP contribution in [-0.4, -0.2) is 24.0 Å². The van der Waals surface area contributed by atoms with Crippen molar-refractivity contribution in [3.05, 3.63) is 59.0 Å². The maximum absolute atomic E-state index is 11.7. The normalized spacial score (nSPS) is 10.6. The maximum atomic E-state index is 11.7. The third-order valence-electron chi connectivity index (χ3n) is 3.13. The Morgan fingerprint density at radius 3 is 2.86 bits per heavy atom. The zero-order chi connectivity index (χ0) is 15.4. The van der Waals surface area contributed by atoms with Crippen molar-refractivity contribution >= 4 is 38.6 Å². The van der Waals surface area contributed by atoms with Gasteiger partial charge in [0.25, 0.3) is 5.91 Å². The highest BCUT2D eigenvalue weighted by atomic mass is 79.9. The van der Waals surface area contributed by atoms with Crippen molar-refractivity contribution in [3.8, 4) is 0 Å². The molecule has 0 saturated heterocycles. The number of furan rings is 1. The van der Waals surface area contributed by atoms with Crippen LogP contribution in [0.25, 0.3) is 10.9 Å². The maximum Gasteiger partial charge on any atom is 0.287 e. The number of aromatic nitrogens is 1. The number of carbonyl (C=O) groups excluding carboxylic acids is 1. The highest BCUT2D eigenvalue weighted by Gasteiger charge is 2.07. The third-order valence-corrected chi connectivity index (χ3v) is 3.77. The monoisotopic (exact) mass is 359 g/mol. The van der Waals surface area contributed by atoms with E-state index in [1.807, 2.05) is 30.3 Å². The summed E-state index contributed by atoms with van der Waals surface area (Å²) in [7, 11) is 0. The molecule has 0 bridgehead atoms. The Kier molecular flexibility index (Phi) is 4.39. The molecular weight excluding hydrogens is 346 g/mol. The number of hydrogen-bond donors (Lipinski definition) is 2. The molecule has 2 N–H and O–H groups in total. The lowest BCUT2D eigenvalue weighted by Gasteiger charge is -2.08. The van der Waals surface area contributed by atoms with Crippen LogP contribution in [0.15, 0.2) is 57.6 Å². The number of rotatable bonds is 5. The quantitative estimate of drug-likeness (QED) is 0.684. The van der Waals surface area contributed by atoms with Gasteiger partial charge in [-0.05, 0) is 46.3 Å². The highest BCUT2D eigenvalue weighted by molar-refractivity contribution is 9.10. The third kappa shape index (κ3) is 3.28. The number of fused-ring (bicyclic) bond motifs is 1. The van der Waals surface area contributed by atoms with Gasteiger partial charge in [0.2, 0.25) is 0 Å². The average molecular weight is 360 g/mol. The summed E-state index contributed by atoms with van der Waals surface area (Å²) < 4.78 is 5.98. The van der Waals surface area contributed by atoms with Crippen LogP contribution in [0.2, 0.25) is 0 Å². The van der Waals surface area contributed by atoms with E-state index in [1.165, 1.54) is 6.26 Å². The second-order valence-electron chi connectivity index (χ2n) is 4.67. The van der Waals surface area contributed by atoms with Crippen LogP contribution in [0.5, 0.6) is 0 Å². The van der Waals surface area contributed by atoms with Crippen molar-refractivity contribution in [1.29, 1.82) is 0 Å². The fourth-order valence-corrected chi connectivity index (χ4v) is 2.54. The van der Waals surface area contributed by atoms with Crippen LogP contribution in [0.3, 0.4) is 0 Å². The second kappa shape index (κ2) is 6.62. The van der Waals surface area contributed by atoms with Crippen LogP contribution in [0, 0.1) is 0 Å². The predicted octanol–water partition coefficient (Wildman–Crippen LogP) is 3.43. The van der Waals surface area contributed by atoms with Crippen molar-refractivity contribution in [2.24, 2.45) is 0 Å². The van der Waals surface area contributed by atoms with Gasteiger partial charge in [-0.25, -0.2) is 4.98 Å². The Morgan fingerprint density at radius 1 is 1.14 bits per heavy atom. The number of halogens is 1. The van der Waals surface area contributed by atoms with Crippen molar-refractivity contribution < 1.29 is 9.21 Å². The first-order valence-electron chi connectivity index (χ1n) is 6.85. The number of nitrogens with zero attached hydrogens (tertiary/aromatic N) is 1. The van der Waals surface area contributed by atoms with E-state index in [-0.39, 0.29) is 5.91 Å². The zero-order valence-electron chi connectivity index (χ0n) is 11.7. The first-order chi connectivity index (χ1) is 10.7. The lowest BCUT2D eigenvalue weighted by Crippen LogP contribution is -2.28. The molecule has 5 nitrogen and oxygen atoms in total. The standard InChI is InChI=1S/C16H14BrN3O2/c17-12-4-1-3-11-6-7-14(20-15(11)12)18-8-9-19-16(21)13-5-2-10-22-13/h1-7,10H,8-9H2,(H,18,20)(H,19,21). The van der Waals surface area contributed by atoms with Crippen LogP contribution < -0.4 is 10.6 Å². The summed E-state index contributed by atoms with van der Waals surface area (Å²) in [5.74, 6) is 0.862. The summed E-state index contributed by atoms with van der Waals surface area (Å²) in [5.41, 5.74) is 0.909. The lowest BCUT2D eigenvalue weighted by atomic mass is 10.2. The number of amides is 1. The van der Waals surface area contributed by atoms with E-state index in [0.29, 0.717) is 18.8 Å². The molecule has 112 valence electrons. The molecule has 0 aliphatic heterocycles. The van der Waals surface area contributed by atoms with E-state index in [0.717, 1.165) is 21.2 Å². The molecule has 2 heterocycles. The first kappa shape index (κ1) is 14.6. The van der Waals surface area contributed by atoms with Crippen molar-refractivity contribution in [3.63, 3.8) is 0 Å². The summed E-state index contributed by atoms with van der Waals surface area (Å²) in [6, 6.07) is 13.2. The molecule has 2 aromatic heterocycles. The van der Waals surface area contributed by atoms with Gasteiger partial charge in [0, 0.05) is 22.9 Å². The van der Waals surface area contributed by atoms with Crippen LogP contribution in [-0.2, 0) is 0 Å².